The van der Waals surface area contributed by atoms with Gasteiger partial charge in [0.15, 0.2) is 0 Å². The molecule has 5 rings (SSSR count). The van der Waals surface area contributed by atoms with Gasteiger partial charge in [0.1, 0.15) is 0 Å². The first-order valence-electron chi connectivity index (χ1n) is 20.6. The summed E-state index contributed by atoms with van der Waals surface area (Å²) in [5, 5.41) is 49.0. The Hall–Kier alpha value is -2.24. The first-order valence-corrected chi connectivity index (χ1v) is 20.6. The summed E-state index contributed by atoms with van der Waals surface area (Å²) >= 11 is 0. The van der Waals surface area contributed by atoms with Crippen molar-refractivity contribution < 1.29 is 20.4 Å². The summed E-state index contributed by atoms with van der Waals surface area (Å²) in [6.45, 7) is 27.1. The average molecular weight is 713 g/mol. The standard InChI is InChI=1S/C48H72O4/c1-13-45(5,6)37-21-29-17-31-23-38(46(7,8)14-2)25-33(42(31)50)19-35-27-40(48(11,12)16-4)28-36(44(35)52)20-34-26-39(47(9,10)15-3)24-32(43(34)51)18-30(22-37)41(29)49/h21-29,31-32,35,41-44,49-52H,13-20H2,1-12H3. The zero-order valence-electron chi connectivity index (χ0n) is 34.7. The quantitative estimate of drug-likeness (QED) is 0.202. The predicted molar refractivity (Wildman–Crippen MR) is 217 cm³/mol. The first kappa shape index (κ1) is 40.9. The van der Waals surface area contributed by atoms with Crippen LogP contribution in [0.1, 0.15) is 134 Å². The molecule has 5 aliphatic rings. The fourth-order valence-electron chi connectivity index (χ4n) is 8.72. The van der Waals surface area contributed by atoms with Gasteiger partial charge in [-0.2, -0.15) is 0 Å². The maximum absolute atomic E-state index is 12.3. The number of aliphatic hydroxyl groups excluding tert-OH is 4. The molecule has 0 spiro atoms. The van der Waals surface area contributed by atoms with Gasteiger partial charge in [0.25, 0.3) is 0 Å². The van der Waals surface area contributed by atoms with E-state index in [1.165, 1.54) is 22.3 Å². The van der Waals surface area contributed by atoms with Crippen molar-refractivity contribution in [3.05, 3.63) is 93.2 Å². The highest BCUT2D eigenvalue weighted by Crippen LogP contribution is 2.48. The Balaban J connectivity index is 1.73. The van der Waals surface area contributed by atoms with Crippen LogP contribution < -0.4 is 0 Å². The monoisotopic (exact) mass is 713 g/mol. The summed E-state index contributed by atoms with van der Waals surface area (Å²) < 4.78 is 0. The summed E-state index contributed by atoms with van der Waals surface area (Å²) in [6, 6.07) is 0. The van der Waals surface area contributed by atoms with Gasteiger partial charge in [0, 0.05) is 23.7 Å². The van der Waals surface area contributed by atoms with Crippen LogP contribution in [0.4, 0.5) is 0 Å². The van der Waals surface area contributed by atoms with Crippen molar-refractivity contribution in [1.29, 1.82) is 0 Å². The van der Waals surface area contributed by atoms with Crippen molar-refractivity contribution in [2.24, 2.45) is 45.3 Å². The molecule has 0 radical (unpaired) electrons. The third-order valence-electron chi connectivity index (χ3n) is 14.6. The van der Waals surface area contributed by atoms with Gasteiger partial charge < -0.3 is 20.4 Å². The molecule has 0 saturated heterocycles. The Morgan fingerprint density at radius 1 is 0.423 bits per heavy atom. The van der Waals surface area contributed by atoms with Crippen LogP contribution in [0.5, 0.6) is 0 Å². The van der Waals surface area contributed by atoms with Gasteiger partial charge >= 0.3 is 0 Å². The van der Waals surface area contributed by atoms with Gasteiger partial charge in [-0.3, -0.25) is 0 Å². The third-order valence-corrected chi connectivity index (χ3v) is 14.6. The highest BCUT2D eigenvalue weighted by Gasteiger charge is 2.41. The molecule has 4 N–H and O–H groups in total. The fourth-order valence-corrected chi connectivity index (χ4v) is 8.72. The lowest BCUT2D eigenvalue weighted by atomic mass is 9.66. The van der Waals surface area contributed by atoms with Crippen molar-refractivity contribution >= 4 is 0 Å². The Morgan fingerprint density at radius 2 is 0.673 bits per heavy atom. The second-order valence-electron chi connectivity index (χ2n) is 19.6. The van der Waals surface area contributed by atoms with Crippen LogP contribution >= 0.6 is 0 Å². The highest BCUT2D eigenvalue weighted by atomic mass is 16.3. The van der Waals surface area contributed by atoms with E-state index in [4.69, 9.17) is 0 Å². The molecule has 0 amide bonds. The number of aliphatic hydroxyl groups is 4. The zero-order valence-corrected chi connectivity index (χ0v) is 34.7. The van der Waals surface area contributed by atoms with E-state index in [2.05, 4.69) is 132 Å². The molecule has 0 heterocycles. The minimum absolute atomic E-state index is 0.0796. The lowest BCUT2D eigenvalue weighted by molar-refractivity contribution is 0.0958. The zero-order chi connectivity index (χ0) is 38.6. The molecule has 0 aromatic carbocycles. The Bertz CT molecular complexity index is 1500. The summed E-state index contributed by atoms with van der Waals surface area (Å²) in [5.74, 6) is -0.753. The number of hydrogen-bond donors (Lipinski definition) is 4. The van der Waals surface area contributed by atoms with E-state index in [1.807, 2.05) is 0 Å². The van der Waals surface area contributed by atoms with E-state index in [-0.39, 0.29) is 45.3 Å². The smallest absolute Gasteiger partial charge is 0.0822 e. The molecule has 5 aliphatic carbocycles. The molecule has 4 nitrogen and oxygen atoms in total. The van der Waals surface area contributed by atoms with E-state index < -0.39 is 24.4 Å². The summed E-state index contributed by atoms with van der Waals surface area (Å²) in [5.41, 5.74) is 8.40. The largest absolute Gasteiger partial charge is 0.388 e. The van der Waals surface area contributed by atoms with Gasteiger partial charge in [-0.05, 0) is 118 Å². The summed E-state index contributed by atoms with van der Waals surface area (Å²) in [6.07, 6.45) is 21.2. The molecule has 1 fully saturated rings. The van der Waals surface area contributed by atoms with Crippen LogP contribution in [0.2, 0.25) is 0 Å². The Kier molecular flexibility index (Phi) is 11.9. The molecule has 8 atom stereocenters. The number of fused-ring (bicyclic) bond motifs is 8. The molecule has 4 heteroatoms. The normalized spacial score (nSPS) is 32.0. The van der Waals surface area contributed by atoms with E-state index in [0.717, 1.165) is 48.0 Å². The van der Waals surface area contributed by atoms with Gasteiger partial charge in [0.2, 0.25) is 0 Å². The van der Waals surface area contributed by atoms with Crippen LogP contribution in [0.25, 0.3) is 0 Å². The molecule has 0 aliphatic heterocycles. The van der Waals surface area contributed by atoms with Gasteiger partial charge in [-0.25, -0.2) is 0 Å². The summed E-state index contributed by atoms with van der Waals surface area (Å²) in [7, 11) is 0. The minimum atomic E-state index is -0.727. The molecule has 8 unspecified atom stereocenters. The molecule has 0 aromatic rings. The Labute approximate surface area is 317 Å². The number of allylic oxidation sites excluding steroid dienone is 8. The highest BCUT2D eigenvalue weighted by molar-refractivity contribution is 5.46. The number of rotatable bonds is 8. The topological polar surface area (TPSA) is 80.9 Å². The van der Waals surface area contributed by atoms with Gasteiger partial charge in [-0.15, -0.1) is 0 Å². The van der Waals surface area contributed by atoms with E-state index in [1.54, 1.807) is 0 Å². The molecule has 1 saturated carbocycles. The second kappa shape index (κ2) is 15.1. The van der Waals surface area contributed by atoms with E-state index in [9.17, 15) is 20.4 Å². The second-order valence-corrected chi connectivity index (χ2v) is 19.6. The van der Waals surface area contributed by atoms with Crippen molar-refractivity contribution in [3.8, 4) is 0 Å². The first-order chi connectivity index (χ1) is 24.2. The minimum Gasteiger partial charge on any atom is -0.388 e. The average Bonchev–Trinajstić information content (AvgIpc) is 3.10. The lowest BCUT2D eigenvalue weighted by Crippen LogP contribution is -2.37. The Morgan fingerprint density at radius 3 is 0.962 bits per heavy atom. The maximum atomic E-state index is 12.3. The summed E-state index contributed by atoms with van der Waals surface area (Å²) in [4.78, 5) is 0. The van der Waals surface area contributed by atoms with E-state index >= 15 is 0 Å². The number of hydrogen-bond acceptors (Lipinski definition) is 4. The predicted octanol–water partition coefficient (Wildman–Crippen LogP) is 10.7. The van der Waals surface area contributed by atoms with Gasteiger partial charge in [-0.1, -0.05) is 132 Å². The maximum Gasteiger partial charge on any atom is 0.0822 e. The molecule has 8 bridgehead atoms. The van der Waals surface area contributed by atoms with Crippen molar-refractivity contribution in [2.45, 2.75) is 159 Å². The SMILES string of the molecule is CCC(C)(C)C1=CC2CC3=CC(C(C)(C)CC)=CC(CC4C=C(C(C)(C)CC)C=C(CC5C=C(C(C)(C)CC)C=C(CC(=C1)C2O)C5O)C4O)C3O. The van der Waals surface area contributed by atoms with Crippen LogP contribution in [0.15, 0.2) is 93.2 Å². The third kappa shape index (κ3) is 8.07. The van der Waals surface area contributed by atoms with Crippen LogP contribution in [0.3, 0.4) is 0 Å². The molecular formula is C48H72O4. The fraction of sp³-hybridized carbons (Fsp3) is 0.667. The van der Waals surface area contributed by atoms with Crippen LogP contribution in [-0.2, 0) is 0 Å². The molecule has 0 aromatic heterocycles. The van der Waals surface area contributed by atoms with Crippen LogP contribution in [-0.4, -0.2) is 44.8 Å². The molecular weight excluding hydrogens is 641 g/mol. The molecule has 52 heavy (non-hydrogen) atoms. The van der Waals surface area contributed by atoms with Crippen LogP contribution in [0, 0.1) is 45.3 Å². The van der Waals surface area contributed by atoms with Gasteiger partial charge in [0.05, 0.1) is 24.4 Å². The van der Waals surface area contributed by atoms with E-state index in [0.29, 0.717) is 25.7 Å². The van der Waals surface area contributed by atoms with Crippen molar-refractivity contribution in [3.63, 3.8) is 0 Å². The molecule has 288 valence electrons. The van der Waals surface area contributed by atoms with Crippen molar-refractivity contribution in [1.82, 2.24) is 0 Å². The van der Waals surface area contributed by atoms with Crippen molar-refractivity contribution in [2.75, 3.05) is 0 Å². The lowest BCUT2D eigenvalue weighted by Gasteiger charge is -2.41.